The molecule has 0 aliphatic carbocycles. The van der Waals surface area contributed by atoms with Crippen LogP contribution >= 0.6 is 0 Å². The van der Waals surface area contributed by atoms with Crippen LogP contribution in [0, 0.1) is 0 Å². The minimum atomic E-state index is -0.343. The first kappa shape index (κ1) is 22.0. The van der Waals surface area contributed by atoms with Crippen LogP contribution in [0.15, 0.2) is 44.8 Å². The monoisotopic (exact) mass is 461 g/mol. The van der Waals surface area contributed by atoms with Crippen molar-refractivity contribution in [2.24, 2.45) is 17.8 Å². The Labute approximate surface area is 195 Å². The Hall–Kier alpha value is -3.79. The van der Waals surface area contributed by atoms with Crippen LogP contribution in [-0.4, -0.2) is 50.3 Å². The van der Waals surface area contributed by atoms with Crippen molar-refractivity contribution in [2.75, 3.05) is 13.7 Å². The Morgan fingerprint density at radius 1 is 1.35 bits per heavy atom. The summed E-state index contributed by atoms with van der Waals surface area (Å²) in [5.74, 6) is 0. The molecule has 0 aromatic carbocycles. The molecule has 4 aromatic heterocycles. The topological polar surface area (TPSA) is 126 Å². The summed E-state index contributed by atoms with van der Waals surface area (Å²) in [6.45, 7) is 2.67. The summed E-state index contributed by atoms with van der Waals surface area (Å²) in [6.07, 6.45) is 9.19. The number of aromatic nitrogens is 5. The molecule has 0 bridgehead atoms. The summed E-state index contributed by atoms with van der Waals surface area (Å²) in [6, 6.07) is 3.54. The molecular weight excluding hydrogens is 434 g/mol. The lowest BCUT2D eigenvalue weighted by molar-refractivity contribution is -0.00710. The first-order chi connectivity index (χ1) is 16.5. The summed E-state index contributed by atoms with van der Waals surface area (Å²) in [7, 11) is 3.49. The highest BCUT2D eigenvalue weighted by molar-refractivity contribution is 6.05. The van der Waals surface area contributed by atoms with E-state index in [9.17, 15) is 4.79 Å². The van der Waals surface area contributed by atoms with Gasteiger partial charge in [0.2, 0.25) is 0 Å². The second-order valence-electron chi connectivity index (χ2n) is 8.45. The Morgan fingerprint density at radius 2 is 2.21 bits per heavy atom. The molecule has 1 aliphatic rings. The van der Waals surface area contributed by atoms with Crippen LogP contribution in [0.4, 0.5) is 0 Å². The number of nitrogens with zero attached hydrogens (tertiary/aromatic N) is 6. The number of ether oxygens (including phenoxy) is 1. The minimum absolute atomic E-state index is 0.0736. The van der Waals surface area contributed by atoms with Crippen molar-refractivity contribution in [3.8, 4) is 11.3 Å². The summed E-state index contributed by atoms with van der Waals surface area (Å²) >= 11 is 0. The highest BCUT2D eigenvalue weighted by Crippen LogP contribution is 2.36. The van der Waals surface area contributed by atoms with Crippen molar-refractivity contribution in [1.82, 2.24) is 24.3 Å². The number of pyridine rings is 1. The lowest BCUT2D eigenvalue weighted by Crippen LogP contribution is -2.34. The van der Waals surface area contributed by atoms with Crippen molar-refractivity contribution in [2.45, 2.75) is 38.3 Å². The van der Waals surface area contributed by atoms with Gasteiger partial charge in [-0.15, -0.1) is 0 Å². The molecule has 0 saturated carbocycles. The van der Waals surface area contributed by atoms with Gasteiger partial charge in [-0.25, -0.2) is 9.78 Å². The number of allylic oxidation sites excluding steroid dienone is 1. The fraction of sp³-hybridized carbons (Fsp3) is 0.375. The Kier molecular flexibility index (Phi) is 5.74. The third-order valence-electron chi connectivity index (χ3n) is 6.22. The highest BCUT2D eigenvalue weighted by atomic mass is 16.5. The third-order valence-corrected chi connectivity index (χ3v) is 6.22. The van der Waals surface area contributed by atoms with E-state index in [1.807, 2.05) is 19.3 Å². The highest BCUT2D eigenvalue weighted by Gasteiger charge is 2.29. The van der Waals surface area contributed by atoms with Crippen LogP contribution in [0.5, 0.6) is 0 Å². The van der Waals surface area contributed by atoms with E-state index in [-0.39, 0.29) is 17.8 Å². The van der Waals surface area contributed by atoms with Gasteiger partial charge in [0.25, 0.3) is 0 Å². The molecule has 4 aromatic rings. The number of nitrogens with two attached hydrogens (primary N) is 1. The first-order valence-electron chi connectivity index (χ1n) is 11.3. The lowest BCUT2D eigenvalue weighted by Gasteiger charge is -2.30. The summed E-state index contributed by atoms with van der Waals surface area (Å²) in [4.78, 5) is 26.7. The Morgan fingerprint density at radius 3 is 2.94 bits per heavy atom. The maximum atomic E-state index is 13.5. The van der Waals surface area contributed by atoms with Gasteiger partial charge in [-0.1, -0.05) is 6.92 Å². The van der Waals surface area contributed by atoms with Crippen molar-refractivity contribution in [3.05, 3.63) is 46.8 Å². The number of hydrogen-bond donors (Lipinski definition) is 1. The molecule has 0 radical (unpaired) electrons. The number of aliphatic imine (C=N–C) groups is 1. The number of aryl methyl sites for hydroxylation is 1. The van der Waals surface area contributed by atoms with Gasteiger partial charge in [-0.05, 0) is 37.5 Å². The maximum absolute atomic E-state index is 13.5. The SMILES string of the molecule is CCC1CC(n2c(=O)nc(-c3cnn(C)c3)c3oc4ccc(/C(N)=C/C=NC)nc4c32)CCO1. The fourth-order valence-corrected chi connectivity index (χ4v) is 4.50. The quantitative estimate of drug-likeness (QED) is 0.453. The number of hydrogen-bond acceptors (Lipinski definition) is 8. The molecule has 2 unspecified atom stereocenters. The van der Waals surface area contributed by atoms with Gasteiger partial charge in [-0.3, -0.25) is 14.2 Å². The average Bonchev–Trinajstić information content (AvgIpc) is 3.45. The molecule has 5 rings (SSSR count). The maximum Gasteiger partial charge on any atom is 0.349 e. The lowest BCUT2D eigenvalue weighted by atomic mass is 10.0. The summed E-state index contributed by atoms with van der Waals surface area (Å²) < 4.78 is 15.5. The number of furan rings is 1. The van der Waals surface area contributed by atoms with Crippen molar-refractivity contribution < 1.29 is 9.15 Å². The Balaban J connectivity index is 1.81. The number of fused-ring (bicyclic) bond motifs is 3. The van der Waals surface area contributed by atoms with Gasteiger partial charge in [0.15, 0.2) is 11.2 Å². The van der Waals surface area contributed by atoms with Crippen molar-refractivity contribution in [3.63, 3.8) is 0 Å². The molecule has 34 heavy (non-hydrogen) atoms. The van der Waals surface area contributed by atoms with E-state index >= 15 is 0 Å². The Bertz CT molecular complexity index is 1480. The largest absolute Gasteiger partial charge is 0.450 e. The molecule has 5 heterocycles. The zero-order valence-corrected chi connectivity index (χ0v) is 19.4. The third kappa shape index (κ3) is 3.79. The predicted octanol–water partition coefficient (Wildman–Crippen LogP) is 3.07. The van der Waals surface area contributed by atoms with E-state index in [0.29, 0.717) is 57.9 Å². The smallest absolute Gasteiger partial charge is 0.349 e. The molecule has 1 aliphatic heterocycles. The molecule has 0 amide bonds. The molecular formula is C24H27N7O3. The van der Waals surface area contributed by atoms with Gasteiger partial charge < -0.3 is 14.9 Å². The molecule has 10 nitrogen and oxygen atoms in total. The van der Waals surface area contributed by atoms with E-state index in [2.05, 4.69) is 22.0 Å². The van der Waals surface area contributed by atoms with Crippen LogP contribution in [0.1, 0.15) is 37.9 Å². The minimum Gasteiger partial charge on any atom is -0.450 e. The van der Waals surface area contributed by atoms with E-state index in [0.717, 1.165) is 12.8 Å². The van der Waals surface area contributed by atoms with E-state index in [4.69, 9.17) is 19.9 Å². The molecule has 1 fully saturated rings. The fourth-order valence-electron chi connectivity index (χ4n) is 4.50. The van der Waals surface area contributed by atoms with Crippen LogP contribution < -0.4 is 11.4 Å². The van der Waals surface area contributed by atoms with Crippen LogP contribution in [-0.2, 0) is 11.8 Å². The first-order valence-corrected chi connectivity index (χ1v) is 11.3. The summed E-state index contributed by atoms with van der Waals surface area (Å²) in [5.41, 5.74) is 10.3. The number of rotatable bonds is 5. The van der Waals surface area contributed by atoms with Crippen LogP contribution in [0.25, 0.3) is 39.2 Å². The van der Waals surface area contributed by atoms with Gasteiger partial charge in [0.05, 0.1) is 23.7 Å². The van der Waals surface area contributed by atoms with Crippen molar-refractivity contribution >= 4 is 34.1 Å². The zero-order valence-electron chi connectivity index (χ0n) is 19.4. The molecule has 1 saturated heterocycles. The summed E-state index contributed by atoms with van der Waals surface area (Å²) in [5, 5.41) is 4.24. The standard InChI is InChI=1S/C24H27N7O3/c1-4-16-11-15(8-10-33-16)31-22-21-19(6-5-18(28-21)17(25)7-9-26-2)34-23(22)20(29-24(31)32)14-12-27-30(3)13-14/h5-7,9,12-13,15-16H,4,8,10-11,25H2,1-3H3/b17-7-,26-9?. The molecule has 176 valence electrons. The van der Waals surface area contributed by atoms with Gasteiger partial charge >= 0.3 is 5.69 Å². The average molecular weight is 462 g/mol. The molecule has 2 N–H and O–H groups in total. The van der Waals surface area contributed by atoms with Crippen molar-refractivity contribution in [1.29, 1.82) is 0 Å². The second-order valence-corrected chi connectivity index (χ2v) is 8.45. The van der Waals surface area contributed by atoms with Gasteiger partial charge in [0, 0.05) is 44.7 Å². The molecule has 2 atom stereocenters. The predicted molar refractivity (Wildman–Crippen MR) is 131 cm³/mol. The molecule has 10 heteroatoms. The van der Waals surface area contributed by atoms with Gasteiger partial charge in [-0.2, -0.15) is 10.1 Å². The normalized spacial score (nSPS) is 19.6. The zero-order chi connectivity index (χ0) is 23.8. The van der Waals surface area contributed by atoms with Crippen LogP contribution in [0.2, 0.25) is 0 Å². The van der Waals surface area contributed by atoms with E-state index in [1.54, 1.807) is 40.9 Å². The van der Waals surface area contributed by atoms with E-state index < -0.39 is 0 Å². The van der Waals surface area contributed by atoms with Gasteiger partial charge in [0.1, 0.15) is 16.7 Å². The molecule has 0 spiro atoms. The van der Waals surface area contributed by atoms with E-state index in [1.165, 1.54) is 0 Å². The van der Waals surface area contributed by atoms with Crippen LogP contribution in [0.3, 0.4) is 0 Å². The second kappa shape index (κ2) is 8.86.